The molecule has 19 heavy (non-hydrogen) atoms. The highest BCUT2D eigenvalue weighted by Crippen LogP contribution is 2.13. The smallest absolute Gasteiger partial charge is 0.119 e. The van der Waals surface area contributed by atoms with Gasteiger partial charge in [0.25, 0.3) is 0 Å². The third kappa shape index (κ3) is 6.99. The molecule has 0 amide bonds. The Balaban J connectivity index is 2.37. The molecule has 0 saturated carbocycles. The lowest BCUT2D eigenvalue weighted by molar-refractivity contribution is 0.249. The molecule has 0 aliphatic carbocycles. The summed E-state index contributed by atoms with van der Waals surface area (Å²) in [5, 5.41) is 3.41. The van der Waals surface area contributed by atoms with Crippen LogP contribution in [0.15, 0.2) is 36.9 Å². The molecule has 1 aromatic carbocycles. The summed E-state index contributed by atoms with van der Waals surface area (Å²) >= 11 is 0. The minimum Gasteiger partial charge on any atom is -0.492 e. The highest BCUT2D eigenvalue weighted by Gasteiger charge is 2.00. The van der Waals surface area contributed by atoms with Gasteiger partial charge in [0.2, 0.25) is 0 Å². The SMILES string of the molecule is C=CCN(C)CCOc1cccc(CNC(C)C)c1. The molecule has 1 aromatic rings. The second-order valence-electron chi connectivity index (χ2n) is 5.08. The molecule has 0 fully saturated rings. The minimum absolute atomic E-state index is 0.497. The van der Waals surface area contributed by atoms with Crippen LogP contribution in [0.5, 0.6) is 5.75 Å². The molecule has 0 radical (unpaired) electrons. The van der Waals surface area contributed by atoms with Gasteiger partial charge >= 0.3 is 0 Å². The van der Waals surface area contributed by atoms with Gasteiger partial charge in [-0.05, 0) is 24.7 Å². The van der Waals surface area contributed by atoms with E-state index in [4.69, 9.17) is 4.74 Å². The Bertz CT molecular complexity index is 377. The molecular weight excluding hydrogens is 236 g/mol. The second kappa shape index (κ2) is 8.73. The van der Waals surface area contributed by atoms with E-state index in [1.165, 1.54) is 5.56 Å². The Kier molecular flexibility index (Phi) is 7.23. The zero-order valence-electron chi connectivity index (χ0n) is 12.4. The average Bonchev–Trinajstić information content (AvgIpc) is 2.37. The zero-order chi connectivity index (χ0) is 14.1. The molecular formula is C16H26N2O. The van der Waals surface area contributed by atoms with E-state index in [1.807, 2.05) is 18.2 Å². The number of likely N-dealkylation sites (N-methyl/N-ethyl adjacent to an activating group) is 1. The van der Waals surface area contributed by atoms with Crippen LogP contribution in [0.2, 0.25) is 0 Å². The molecule has 0 spiro atoms. The molecule has 3 heteroatoms. The van der Waals surface area contributed by atoms with Crippen molar-refractivity contribution in [2.75, 3.05) is 26.7 Å². The van der Waals surface area contributed by atoms with Crippen LogP contribution in [0.3, 0.4) is 0 Å². The van der Waals surface area contributed by atoms with Crippen molar-refractivity contribution < 1.29 is 4.74 Å². The van der Waals surface area contributed by atoms with Gasteiger partial charge in [-0.1, -0.05) is 32.1 Å². The van der Waals surface area contributed by atoms with Crippen molar-refractivity contribution >= 4 is 0 Å². The Labute approximate surface area is 117 Å². The van der Waals surface area contributed by atoms with E-state index in [-0.39, 0.29) is 0 Å². The summed E-state index contributed by atoms with van der Waals surface area (Å²) in [5.74, 6) is 0.940. The zero-order valence-corrected chi connectivity index (χ0v) is 12.4. The monoisotopic (exact) mass is 262 g/mol. The van der Waals surface area contributed by atoms with Gasteiger partial charge < -0.3 is 10.1 Å². The molecule has 106 valence electrons. The normalized spacial score (nSPS) is 11.0. The summed E-state index contributed by atoms with van der Waals surface area (Å²) in [6, 6.07) is 8.76. The van der Waals surface area contributed by atoms with Gasteiger partial charge in [0.15, 0.2) is 0 Å². The Morgan fingerprint density at radius 3 is 2.89 bits per heavy atom. The fourth-order valence-electron chi connectivity index (χ4n) is 1.70. The van der Waals surface area contributed by atoms with E-state index in [0.29, 0.717) is 12.6 Å². The molecule has 0 aliphatic heterocycles. The van der Waals surface area contributed by atoms with Crippen LogP contribution in [0.1, 0.15) is 19.4 Å². The van der Waals surface area contributed by atoms with E-state index in [9.17, 15) is 0 Å². The summed E-state index contributed by atoms with van der Waals surface area (Å²) in [5.41, 5.74) is 1.26. The molecule has 3 nitrogen and oxygen atoms in total. The first-order chi connectivity index (χ1) is 9.11. The van der Waals surface area contributed by atoms with Gasteiger partial charge in [0.05, 0.1) is 0 Å². The molecule has 0 bridgehead atoms. The van der Waals surface area contributed by atoms with Gasteiger partial charge in [-0.2, -0.15) is 0 Å². The van der Waals surface area contributed by atoms with Crippen molar-refractivity contribution in [1.29, 1.82) is 0 Å². The Morgan fingerprint density at radius 1 is 1.42 bits per heavy atom. The summed E-state index contributed by atoms with van der Waals surface area (Å²) in [6.45, 7) is 11.4. The summed E-state index contributed by atoms with van der Waals surface area (Å²) < 4.78 is 5.77. The fraction of sp³-hybridized carbons (Fsp3) is 0.500. The van der Waals surface area contributed by atoms with Crippen LogP contribution in [-0.2, 0) is 6.54 Å². The third-order valence-corrected chi connectivity index (χ3v) is 2.80. The number of hydrogen-bond donors (Lipinski definition) is 1. The predicted molar refractivity (Wildman–Crippen MR) is 81.6 cm³/mol. The molecule has 0 heterocycles. The lowest BCUT2D eigenvalue weighted by Crippen LogP contribution is -2.24. The van der Waals surface area contributed by atoms with Crippen LogP contribution in [0.25, 0.3) is 0 Å². The van der Waals surface area contributed by atoms with Crippen molar-refractivity contribution in [3.05, 3.63) is 42.5 Å². The summed E-state index contributed by atoms with van der Waals surface area (Å²) in [6.07, 6.45) is 1.90. The van der Waals surface area contributed by atoms with E-state index in [2.05, 4.69) is 49.8 Å². The van der Waals surface area contributed by atoms with Crippen molar-refractivity contribution in [3.63, 3.8) is 0 Å². The molecule has 0 aromatic heterocycles. The Morgan fingerprint density at radius 2 is 2.21 bits per heavy atom. The molecule has 0 atom stereocenters. The standard InChI is InChI=1S/C16H26N2O/c1-5-9-18(4)10-11-19-16-8-6-7-15(12-16)13-17-14(2)3/h5-8,12,14,17H,1,9-11,13H2,2-4H3. The van der Waals surface area contributed by atoms with Crippen LogP contribution in [0.4, 0.5) is 0 Å². The quantitative estimate of drug-likeness (QED) is 0.693. The van der Waals surface area contributed by atoms with Gasteiger partial charge in [-0.15, -0.1) is 6.58 Å². The lowest BCUT2D eigenvalue weighted by Gasteiger charge is -2.15. The van der Waals surface area contributed by atoms with E-state index < -0.39 is 0 Å². The average molecular weight is 262 g/mol. The maximum absolute atomic E-state index is 5.77. The van der Waals surface area contributed by atoms with Crippen molar-refractivity contribution in [3.8, 4) is 5.75 Å². The maximum atomic E-state index is 5.77. The minimum atomic E-state index is 0.497. The first-order valence-electron chi connectivity index (χ1n) is 6.86. The van der Waals surface area contributed by atoms with Crippen molar-refractivity contribution in [1.82, 2.24) is 10.2 Å². The maximum Gasteiger partial charge on any atom is 0.119 e. The molecule has 1 N–H and O–H groups in total. The predicted octanol–water partition coefficient (Wildman–Crippen LogP) is 2.68. The highest BCUT2D eigenvalue weighted by molar-refractivity contribution is 5.28. The number of nitrogens with zero attached hydrogens (tertiary/aromatic N) is 1. The van der Waals surface area contributed by atoms with Crippen molar-refractivity contribution in [2.24, 2.45) is 0 Å². The van der Waals surface area contributed by atoms with E-state index >= 15 is 0 Å². The Hall–Kier alpha value is -1.32. The topological polar surface area (TPSA) is 24.5 Å². The highest BCUT2D eigenvalue weighted by atomic mass is 16.5. The summed E-state index contributed by atoms with van der Waals surface area (Å²) in [4.78, 5) is 2.18. The molecule has 0 aliphatic rings. The van der Waals surface area contributed by atoms with Crippen molar-refractivity contribution in [2.45, 2.75) is 26.4 Å². The number of benzene rings is 1. The van der Waals surface area contributed by atoms with Crippen LogP contribution in [-0.4, -0.2) is 37.7 Å². The number of rotatable bonds is 9. The third-order valence-electron chi connectivity index (χ3n) is 2.80. The first kappa shape index (κ1) is 15.7. The summed E-state index contributed by atoms with van der Waals surface area (Å²) in [7, 11) is 2.06. The second-order valence-corrected chi connectivity index (χ2v) is 5.08. The fourth-order valence-corrected chi connectivity index (χ4v) is 1.70. The first-order valence-corrected chi connectivity index (χ1v) is 6.86. The van der Waals surface area contributed by atoms with Gasteiger partial charge in [-0.25, -0.2) is 0 Å². The van der Waals surface area contributed by atoms with Gasteiger partial charge in [-0.3, -0.25) is 4.90 Å². The number of ether oxygens (including phenoxy) is 1. The molecule has 0 saturated heterocycles. The van der Waals surface area contributed by atoms with E-state index in [1.54, 1.807) is 0 Å². The largest absolute Gasteiger partial charge is 0.492 e. The van der Waals surface area contributed by atoms with Crippen LogP contribution < -0.4 is 10.1 Å². The van der Waals surface area contributed by atoms with Crippen LogP contribution >= 0.6 is 0 Å². The number of hydrogen-bond acceptors (Lipinski definition) is 3. The van der Waals surface area contributed by atoms with Crippen LogP contribution in [0, 0.1) is 0 Å². The van der Waals surface area contributed by atoms with E-state index in [0.717, 1.165) is 25.4 Å². The van der Waals surface area contributed by atoms with Gasteiger partial charge in [0, 0.05) is 25.7 Å². The van der Waals surface area contributed by atoms with Gasteiger partial charge in [0.1, 0.15) is 12.4 Å². The number of nitrogens with one attached hydrogen (secondary N) is 1. The molecule has 0 unspecified atom stereocenters. The molecule has 1 rings (SSSR count). The lowest BCUT2D eigenvalue weighted by atomic mass is 10.2.